The van der Waals surface area contributed by atoms with Crippen molar-refractivity contribution in [3.8, 4) is 0 Å². The minimum atomic E-state index is 0.118. The molecular formula is C14H24N2O. The standard InChI is InChI=1S/C14H24N2O/c1-3-16(4-2)9-8-15-11-13-6-5-7-14(10-13)12-17/h5-7,10,15,17H,3-4,8-9,11-12H2,1-2H3. The lowest BCUT2D eigenvalue weighted by molar-refractivity contribution is 0.281. The topological polar surface area (TPSA) is 35.5 Å². The maximum Gasteiger partial charge on any atom is 0.0681 e. The van der Waals surface area contributed by atoms with Crippen LogP contribution in [0.4, 0.5) is 0 Å². The highest BCUT2D eigenvalue weighted by Gasteiger charge is 1.98. The highest BCUT2D eigenvalue weighted by Crippen LogP contribution is 2.04. The van der Waals surface area contributed by atoms with Gasteiger partial charge in [0.25, 0.3) is 0 Å². The zero-order valence-electron chi connectivity index (χ0n) is 10.9. The number of hydrogen-bond acceptors (Lipinski definition) is 3. The van der Waals surface area contributed by atoms with Gasteiger partial charge in [0.05, 0.1) is 6.61 Å². The lowest BCUT2D eigenvalue weighted by atomic mass is 10.1. The molecule has 0 saturated heterocycles. The third-order valence-electron chi connectivity index (χ3n) is 3.00. The second-order valence-corrected chi connectivity index (χ2v) is 4.18. The van der Waals surface area contributed by atoms with Crippen LogP contribution < -0.4 is 5.32 Å². The first-order chi connectivity index (χ1) is 8.30. The van der Waals surface area contributed by atoms with Gasteiger partial charge in [-0.15, -0.1) is 0 Å². The predicted molar refractivity (Wildman–Crippen MR) is 71.9 cm³/mol. The highest BCUT2D eigenvalue weighted by molar-refractivity contribution is 5.22. The van der Waals surface area contributed by atoms with Crippen molar-refractivity contribution < 1.29 is 5.11 Å². The fraction of sp³-hybridized carbons (Fsp3) is 0.571. The number of rotatable bonds is 8. The maximum absolute atomic E-state index is 9.04. The van der Waals surface area contributed by atoms with Gasteiger partial charge in [0.2, 0.25) is 0 Å². The van der Waals surface area contributed by atoms with Crippen LogP contribution >= 0.6 is 0 Å². The van der Waals surface area contributed by atoms with Crippen molar-refractivity contribution in [2.75, 3.05) is 26.2 Å². The number of aliphatic hydroxyl groups excluding tert-OH is 1. The first kappa shape index (κ1) is 14.2. The summed E-state index contributed by atoms with van der Waals surface area (Å²) >= 11 is 0. The second kappa shape index (κ2) is 8.23. The largest absolute Gasteiger partial charge is 0.392 e. The van der Waals surface area contributed by atoms with E-state index < -0.39 is 0 Å². The van der Waals surface area contributed by atoms with Gasteiger partial charge in [0.1, 0.15) is 0 Å². The van der Waals surface area contributed by atoms with E-state index >= 15 is 0 Å². The maximum atomic E-state index is 9.04. The lowest BCUT2D eigenvalue weighted by Gasteiger charge is -2.18. The predicted octanol–water partition coefficient (Wildman–Crippen LogP) is 1.61. The summed E-state index contributed by atoms with van der Waals surface area (Å²) in [6.07, 6.45) is 0. The third kappa shape index (κ3) is 5.31. The van der Waals surface area contributed by atoms with E-state index in [-0.39, 0.29) is 6.61 Å². The van der Waals surface area contributed by atoms with Crippen LogP contribution in [0.25, 0.3) is 0 Å². The Kier molecular flexibility index (Phi) is 6.86. The molecule has 96 valence electrons. The molecule has 1 aromatic carbocycles. The zero-order chi connectivity index (χ0) is 12.5. The summed E-state index contributed by atoms with van der Waals surface area (Å²) in [7, 11) is 0. The summed E-state index contributed by atoms with van der Waals surface area (Å²) in [4.78, 5) is 2.40. The summed E-state index contributed by atoms with van der Waals surface area (Å²) in [6, 6.07) is 8.07. The molecule has 2 N–H and O–H groups in total. The quantitative estimate of drug-likeness (QED) is 0.673. The molecule has 0 aromatic heterocycles. The number of aliphatic hydroxyl groups is 1. The van der Waals surface area contributed by atoms with E-state index in [1.165, 1.54) is 5.56 Å². The van der Waals surface area contributed by atoms with Crippen LogP contribution in [0.15, 0.2) is 24.3 Å². The van der Waals surface area contributed by atoms with E-state index in [0.29, 0.717) is 0 Å². The fourth-order valence-corrected chi connectivity index (χ4v) is 1.85. The summed E-state index contributed by atoms with van der Waals surface area (Å²) < 4.78 is 0. The van der Waals surface area contributed by atoms with Crippen molar-refractivity contribution in [3.05, 3.63) is 35.4 Å². The van der Waals surface area contributed by atoms with Crippen LogP contribution in [0, 0.1) is 0 Å². The number of nitrogens with one attached hydrogen (secondary N) is 1. The molecule has 3 nitrogen and oxygen atoms in total. The number of nitrogens with zero attached hydrogens (tertiary/aromatic N) is 1. The molecule has 0 bridgehead atoms. The normalized spacial score (nSPS) is 11.1. The Morgan fingerprint density at radius 2 is 1.88 bits per heavy atom. The van der Waals surface area contributed by atoms with Crippen molar-refractivity contribution >= 4 is 0 Å². The van der Waals surface area contributed by atoms with Crippen molar-refractivity contribution in [1.82, 2.24) is 10.2 Å². The van der Waals surface area contributed by atoms with E-state index in [1.807, 2.05) is 18.2 Å². The first-order valence-electron chi connectivity index (χ1n) is 6.41. The molecule has 0 unspecified atom stereocenters. The Balaban J connectivity index is 2.26. The molecule has 17 heavy (non-hydrogen) atoms. The van der Waals surface area contributed by atoms with Crippen LogP contribution in [-0.2, 0) is 13.2 Å². The molecule has 0 radical (unpaired) electrons. The van der Waals surface area contributed by atoms with Gasteiger partial charge < -0.3 is 15.3 Å². The van der Waals surface area contributed by atoms with Gasteiger partial charge >= 0.3 is 0 Å². The van der Waals surface area contributed by atoms with Crippen molar-refractivity contribution in [2.45, 2.75) is 27.0 Å². The lowest BCUT2D eigenvalue weighted by Crippen LogP contribution is -2.31. The van der Waals surface area contributed by atoms with Crippen LogP contribution in [0.3, 0.4) is 0 Å². The SMILES string of the molecule is CCN(CC)CCNCc1cccc(CO)c1. The fourth-order valence-electron chi connectivity index (χ4n) is 1.85. The van der Waals surface area contributed by atoms with Gasteiger partial charge in [-0.2, -0.15) is 0 Å². The van der Waals surface area contributed by atoms with Gasteiger partial charge in [-0.3, -0.25) is 0 Å². The monoisotopic (exact) mass is 236 g/mol. The van der Waals surface area contributed by atoms with Crippen LogP contribution in [-0.4, -0.2) is 36.2 Å². The van der Waals surface area contributed by atoms with E-state index in [1.54, 1.807) is 0 Å². The Bertz CT molecular complexity index is 311. The third-order valence-corrected chi connectivity index (χ3v) is 3.00. The van der Waals surface area contributed by atoms with Crippen molar-refractivity contribution in [1.29, 1.82) is 0 Å². The smallest absolute Gasteiger partial charge is 0.0681 e. The minimum absolute atomic E-state index is 0.118. The molecule has 0 aliphatic rings. The Labute approximate surface area is 104 Å². The molecule has 0 amide bonds. The van der Waals surface area contributed by atoms with Gasteiger partial charge in [0, 0.05) is 19.6 Å². The second-order valence-electron chi connectivity index (χ2n) is 4.18. The molecule has 1 rings (SSSR count). The zero-order valence-corrected chi connectivity index (χ0v) is 10.9. The molecule has 3 heteroatoms. The minimum Gasteiger partial charge on any atom is -0.392 e. The molecule has 0 saturated carbocycles. The molecule has 1 aromatic rings. The highest BCUT2D eigenvalue weighted by atomic mass is 16.3. The van der Waals surface area contributed by atoms with Gasteiger partial charge in [-0.1, -0.05) is 38.1 Å². The van der Waals surface area contributed by atoms with E-state index in [4.69, 9.17) is 5.11 Å². The molecule has 0 heterocycles. The van der Waals surface area contributed by atoms with E-state index in [9.17, 15) is 0 Å². The summed E-state index contributed by atoms with van der Waals surface area (Å²) in [5.74, 6) is 0. The molecular weight excluding hydrogens is 212 g/mol. The average Bonchev–Trinajstić information content (AvgIpc) is 2.39. The van der Waals surface area contributed by atoms with Gasteiger partial charge in [0.15, 0.2) is 0 Å². The van der Waals surface area contributed by atoms with Gasteiger partial charge in [-0.25, -0.2) is 0 Å². The number of hydrogen-bond donors (Lipinski definition) is 2. The van der Waals surface area contributed by atoms with E-state index in [0.717, 1.165) is 38.3 Å². The molecule has 0 aliphatic heterocycles. The molecule has 0 aliphatic carbocycles. The van der Waals surface area contributed by atoms with Crippen molar-refractivity contribution in [2.24, 2.45) is 0 Å². The van der Waals surface area contributed by atoms with Crippen LogP contribution in [0.5, 0.6) is 0 Å². The van der Waals surface area contributed by atoms with Crippen molar-refractivity contribution in [3.63, 3.8) is 0 Å². The summed E-state index contributed by atoms with van der Waals surface area (Å²) in [6.45, 7) is 9.68. The van der Waals surface area contributed by atoms with Crippen LogP contribution in [0.2, 0.25) is 0 Å². The number of benzene rings is 1. The van der Waals surface area contributed by atoms with Gasteiger partial charge in [-0.05, 0) is 24.2 Å². The Morgan fingerprint density at radius 1 is 1.18 bits per heavy atom. The molecule has 0 fully saturated rings. The summed E-state index contributed by atoms with van der Waals surface area (Å²) in [5.41, 5.74) is 2.21. The number of likely N-dealkylation sites (N-methyl/N-ethyl adjacent to an activating group) is 1. The Hall–Kier alpha value is -0.900. The first-order valence-corrected chi connectivity index (χ1v) is 6.41. The average molecular weight is 236 g/mol. The molecule has 0 spiro atoms. The van der Waals surface area contributed by atoms with E-state index in [2.05, 4.69) is 30.1 Å². The van der Waals surface area contributed by atoms with Crippen LogP contribution in [0.1, 0.15) is 25.0 Å². The summed E-state index contributed by atoms with van der Waals surface area (Å²) in [5, 5.41) is 12.5. The molecule has 0 atom stereocenters. The Morgan fingerprint density at radius 3 is 2.53 bits per heavy atom.